The van der Waals surface area contributed by atoms with E-state index in [4.69, 9.17) is 0 Å². The fraction of sp³-hybridized carbons (Fsp3) is 0.368. The van der Waals surface area contributed by atoms with Crippen molar-refractivity contribution < 1.29 is 14.7 Å². The molecule has 3 aromatic heterocycles. The second-order valence-electron chi connectivity index (χ2n) is 6.72. The second kappa shape index (κ2) is 7.87. The van der Waals surface area contributed by atoms with E-state index in [0.29, 0.717) is 35.3 Å². The molecular weight excluding hydrogens is 364 g/mol. The van der Waals surface area contributed by atoms with Gasteiger partial charge in [0.2, 0.25) is 0 Å². The number of carboxylic acid groups (broad SMARTS) is 1. The number of thiophene rings is 1. The minimum Gasteiger partial charge on any atom is -0.480 e. The third-order valence-electron chi connectivity index (χ3n) is 4.24. The molecular formula is C19H22N4O3S. The number of carbonyl (C=O) groups excluding carboxylic acids is 1. The van der Waals surface area contributed by atoms with Crippen LogP contribution >= 0.6 is 11.3 Å². The maximum atomic E-state index is 12.9. The molecule has 0 aliphatic rings. The van der Waals surface area contributed by atoms with Crippen LogP contribution in [-0.2, 0) is 11.3 Å². The monoisotopic (exact) mass is 386 g/mol. The van der Waals surface area contributed by atoms with Crippen LogP contribution in [0.25, 0.3) is 21.6 Å². The molecule has 0 unspecified atom stereocenters. The Hall–Kier alpha value is -2.74. The van der Waals surface area contributed by atoms with Crippen molar-refractivity contribution in [2.24, 2.45) is 5.92 Å². The lowest BCUT2D eigenvalue weighted by atomic mass is 10.0. The summed E-state index contributed by atoms with van der Waals surface area (Å²) in [6.07, 6.45) is 1.97. The van der Waals surface area contributed by atoms with Crippen molar-refractivity contribution in [1.29, 1.82) is 0 Å². The average molecular weight is 386 g/mol. The van der Waals surface area contributed by atoms with Crippen LogP contribution in [-0.4, -0.2) is 37.8 Å². The van der Waals surface area contributed by atoms with E-state index in [1.54, 1.807) is 16.9 Å². The number of aliphatic carboxylic acids is 1. The van der Waals surface area contributed by atoms with Crippen LogP contribution in [0.1, 0.15) is 37.6 Å². The van der Waals surface area contributed by atoms with Crippen LogP contribution < -0.4 is 5.32 Å². The highest BCUT2D eigenvalue weighted by atomic mass is 32.1. The topological polar surface area (TPSA) is 97.1 Å². The van der Waals surface area contributed by atoms with Crippen molar-refractivity contribution in [2.75, 3.05) is 0 Å². The molecule has 8 heteroatoms. The minimum atomic E-state index is -1.04. The summed E-state index contributed by atoms with van der Waals surface area (Å²) < 4.78 is 1.73. The number of hydrogen-bond acceptors (Lipinski definition) is 5. The van der Waals surface area contributed by atoms with Gasteiger partial charge in [-0.3, -0.25) is 4.79 Å². The molecule has 0 aliphatic carbocycles. The van der Waals surface area contributed by atoms with Crippen molar-refractivity contribution in [3.05, 3.63) is 35.3 Å². The molecule has 3 heterocycles. The molecule has 2 N–H and O–H groups in total. The molecule has 1 atom stereocenters. The first kappa shape index (κ1) is 19.0. The average Bonchev–Trinajstić information content (AvgIpc) is 3.29. The number of pyridine rings is 1. The summed E-state index contributed by atoms with van der Waals surface area (Å²) >= 11 is 1.53. The number of aryl methyl sites for hydroxylation is 1. The largest absolute Gasteiger partial charge is 0.480 e. The van der Waals surface area contributed by atoms with Crippen LogP contribution in [0.2, 0.25) is 0 Å². The summed E-state index contributed by atoms with van der Waals surface area (Å²) in [4.78, 5) is 30.1. The first-order chi connectivity index (χ1) is 12.9. The summed E-state index contributed by atoms with van der Waals surface area (Å²) in [5, 5.41) is 19.0. The van der Waals surface area contributed by atoms with E-state index in [-0.39, 0.29) is 5.92 Å². The van der Waals surface area contributed by atoms with Crippen molar-refractivity contribution >= 4 is 34.2 Å². The Labute approximate surface area is 161 Å². The second-order valence-corrected chi connectivity index (χ2v) is 7.67. The first-order valence-electron chi connectivity index (χ1n) is 8.84. The number of nitrogens with zero attached hydrogens (tertiary/aromatic N) is 3. The normalized spacial score (nSPS) is 12.4. The van der Waals surface area contributed by atoms with E-state index < -0.39 is 17.9 Å². The SMILES string of the molecule is CCn1ncc2c(C(=O)N[C@@H](CC(C)C)C(=O)O)cc(-c3cccs3)nc21. The predicted octanol–water partition coefficient (Wildman–Crippen LogP) is 3.41. The van der Waals surface area contributed by atoms with Crippen LogP contribution in [0.5, 0.6) is 0 Å². The first-order valence-corrected chi connectivity index (χ1v) is 9.72. The predicted molar refractivity (Wildman–Crippen MR) is 105 cm³/mol. The number of carboxylic acids is 1. The van der Waals surface area contributed by atoms with Gasteiger partial charge in [-0.05, 0) is 36.8 Å². The van der Waals surface area contributed by atoms with Crippen LogP contribution in [0.15, 0.2) is 29.8 Å². The molecule has 3 aromatic rings. The Morgan fingerprint density at radius 3 is 2.74 bits per heavy atom. The Balaban J connectivity index is 2.05. The van der Waals surface area contributed by atoms with E-state index in [9.17, 15) is 14.7 Å². The van der Waals surface area contributed by atoms with Crippen LogP contribution in [0.3, 0.4) is 0 Å². The van der Waals surface area contributed by atoms with Gasteiger partial charge in [0.1, 0.15) is 6.04 Å². The molecule has 0 aromatic carbocycles. The van der Waals surface area contributed by atoms with E-state index in [1.165, 1.54) is 11.3 Å². The van der Waals surface area contributed by atoms with Crippen molar-refractivity contribution in [3.63, 3.8) is 0 Å². The molecule has 1 amide bonds. The van der Waals surface area contributed by atoms with Gasteiger partial charge in [0.25, 0.3) is 5.91 Å². The molecule has 0 saturated heterocycles. The maximum Gasteiger partial charge on any atom is 0.326 e. The summed E-state index contributed by atoms with van der Waals surface area (Å²) in [6, 6.07) is 4.63. The van der Waals surface area contributed by atoms with E-state index in [1.807, 2.05) is 38.3 Å². The summed E-state index contributed by atoms with van der Waals surface area (Å²) in [5.41, 5.74) is 1.68. The summed E-state index contributed by atoms with van der Waals surface area (Å²) in [6.45, 7) is 6.42. The minimum absolute atomic E-state index is 0.147. The zero-order valence-electron chi connectivity index (χ0n) is 15.5. The molecule has 7 nitrogen and oxygen atoms in total. The van der Waals surface area contributed by atoms with Gasteiger partial charge in [0.15, 0.2) is 5.65 Å². The van der Waals surface area contributed by atoms with E-state index in [0.717, 1.165) is 4.88 Å². The van der Waals surface area contributed by atoms with Crippen LogP contribution in [0.4, 0.5) is 0 Å². The molecule has 142 valence electrons. The van der Waals surface area contributed by atoms with Gasteiger partial charge in [-0.2, -0.15) is 5.10 Å². The lowest BCUT2D eigenvalue weighted by Gasteiger charge is -2.17. The van der Waals surface area contributed by atoms with Gasteiger partial charge in [0, 0.05) is 6.54 Å². The summed E-state index contributed by atoms with van der Waals surface area (Å²) in [7, 11) is 0. The molecule has 0 bridgehead atoms. The third-order valence-corrected chi connectivity index (χ3v) is 5.13. The molecule has 0 fully saturated rings. The fourth-order valence-corrected chi connectivity index (χ4v) is 3.63. The molecule has 0 aliphatic heterocycles. The Morgan fingerprint density at radius 2 is 2.15 bits per heavy atom. The van der Waals surface area contributed by atoms with Gasteiger partial charge in [-0.25, -0.2) is 14.5 Å². The smallest absolute Gasteiger partial charge is 0.326 e. The highest BCUT2D eigenvalue weighted by Gasteiger charge is 2.24. The van der Waals surface area contributed by atoms with Gasteiger partial charge in [0.05, 0.1) is 27.7 Å². The number of carbonyl (C=O) groups is 2. The molecule has 0 spiro atoms. The highest BCUT2D eigenvalue weighted by molar-refractivity contribution is 7.13. The number of fused-ring (bicyclic) bond motifs is 1. The van der Waals surface area contributed by atoms with Gasteiger partial charge < -0.3 is 10.4 Å². The number of rotatable bonds is 7. The van der Waals surface area contributed by atoms with E-state index in [2.05, 4.69) is 15.4 Å². The van der Waals surface area contributed by atoms with Crippen LogP contribution in [0, 0.1) is 5.92 Å². The summed E-state index contributed by atoms with van der Waals surface area (Å²) in [5.74, 6) is -1.32. The molecule has 27 heavy (non-hydrogen) atoms. The van der Waals surface area contributed by atoms with Crippen molar-refractivity contribution in [2.45, 2.75) is 39.8 Å². The molecule has 0 saturated carbocycles. The lowest BCUT2D eigenvalue weighted by molar-refractivity contribution is -0.139. The fourth-order valence-electron chi connectivity index (χ4n) is 2.95. The number of nitrogens with one attached hydrogen (secondary N) is 1. The Morgan fingerprint density at radius 1 is 1.37 bits per heavy atom. The third kappa shape index (κ3) is 4.00. The number of aromatic nitrogens is 3. The van der Waals surface area contributed by atoms with Gasteiger partial charge >= 0.3 is 5.97 Å². The standard InChI is InChI=1S/C19H22N4O3S/c1-4-23-17-13(10-20-23)12(9-14(21-17)16-6-5-7-27-16)18(24)22-15(19(25)26)8-11(2)3/h5-7,9-11,15H,4,8H2,1-3H3,(H,22,24)(H,25,26)/t15-/m0/s1. The van der Waals surface area contributed by atoms with Crippen molar-refractivity contribution in [3.8, 4) is 10.6 Å². The zero-order valence-corrected chi connectivity index (χ0v) is 16.3. The number of hydrogen-bond donors (Lipinski definition) is 2. The maximum absolute atomic E-state index is 12.9. The lowest BCUT2D eigenvalue weighted by Crippen LogP contribution is -2.41. The quantitative estimate of drug-likeness (QED) is 0.648. The molecule has 3 rings (SSSR count). The van der Waals surface area contributed by atoms with E-state index >= 15 is 0 Å². The Kier molecular flexibility index (Phi) is 5.55. The van der Waals surface area contributed by atoms with Gasteiger partial charge in [-0.1, -0.05) is 19.9 Å². The zero-order chi connectivity index (χ0) is 19.6. The highest BCUT2D eigenvalue weighted by Crippen LogP contribution is 2.28. The Bertz CT molecular complexity index is 963. The number of amides is 1. The van der Waals surface area contributed by atoms with Crippen molar-refractivity contribution in [1.82, 2.24) is 20.1 Å². The van der Waals surface area contributed by atoms with Gasteiger partial charge in [-0.15, -0.1) is 11.3 Å². The molecule has 0 radical (unpaired) electrons.